The molecule has 0 fully saturated rings. The molecule has 0 bridgehead atoms. The number of nitrogens with one attached hydrogen (secondary N) is 1. The fraction of sp³-hybridized carbons (Fsp3) is 0.318. The molecule has 10 heteroatoms. The van der Waals surface area contributed by atoms with Crippen LogP contribution in [0.2, 0.25) is 5.02 Å². The zero-order valence-electron chi connectivity index (χ0n) is 18.3. The van der Waals surface area contributed by atoms with Gasteiger partial charge in [-0.3, -0.25) is 4.79 Å². The first-order chi connectivity index (χ1) is 15.5. The smallest absolute Gasteiger partial charge is 0.251 e. The van der Waals surface area contributed by atoms with Gasteiger partial charge in [0.25, 0.3) is 5.91 Å². The van der Waals surface area contributed by atoms with E-state index >= 15 is 0 Å². The lowest BCUT2D eigenvalue weighted by molar-refractivity contribution is 0.0953. The van der Waals surface area contributed by atoms with Gasteiger partial charge in [0.1, 0.15) is 5.82 Å². The number of amides is 1. The molecule has 1 N–H and O–H groups in total. The molecule has 32 heavy (non-hydrogen) atoms. The van der Waals surface area contributed by atoms with E-state index in [9.17, 15) is 4.79 Å². The van der Waals surface area contributed by atoms with E-state index in [1.165, 1.54) is 21.3 Å². The van der Waals surface area contributed by atoms with E-state index < -0.39 is 0 Å². The zero-order chi connectivity index (χ0) is 23.1. The highest BCUT2D eigenvalue weighted by atomic mass is 35.5. The van der Waals surface area contributed by atoms with Gasteiger partial charge in [0.05, 0.1) is 21.3 Å². The first-order valence-electron chi connectivity index (χ1n) is 9.80. The number of hydrogen-bond donors (Lipinski definition) is 1. The fourth-order valence-electron chi connectivity index (χ4n) is 3.07. The van der Waals surface area contributed by atoms with Crippen molar-refractivity contribution in [2.24, 2.45) is 7.05 Å². The first-order valence-corrected chi connectivity index (χ1v) is 11.2. The summed E-state index contributed by atoms with van der Waals surface area (Å²) >= 11 is 7.62. The summed E-state index contributed by atoms with van der Waals surface area (Å²) in [6.07, 6.45) is 0.539. The molecule has 0 saturated heterocycles. The largest absolute Gasteiger partial charge is 0.493 e. The molecule has 0 unspecified atom stereocenters. The molecule has 0 radical (unpaired) electrons. The number of halogens is 1. The number of benzene rings is 2. The quantitative estimate of drug-likeness (QED) is 0.446. The van der Waals surface area contributed by atoms with Crippen LogP contribution in [0.4, 0.5) is 0 Å². The topological polar surface area (TPSA) is 87.5 Å². The van der Waals surface area contributed by atoms with Crippen LogP contribution in [0.15, 0.2) is 41.6 Å². The third kappa shape index (κ3) is 5.66. The molecule has 2 aromatic carbocycles. The van der Waals surface area contributed by atoms with Gasteiger partial charge in [-0.2, -0.15) is 0 Å². The SMILES string of the molecule is COc1cc(C(=O)NCCc2nnc(SCc3cccc(Cl)c3)n2C)cc(OC)c1OC. The molecule has 3 aromatic rings. The van der Waals surface area contributed by atoms with Gasteiger partial charge in [0.15, 0.2) is 16.7 Å². The average Bonchev–Trinajstić information content (AvgIpc) is 3.15. The van der Waals surface area contributed by atoms with E-state index in [0.717, 1.165) is 22.3 Å². The lowest BCUT2D eigenvalue weighted by atomic mass is 10.1. The van der Waals surface area contributed by atoms with E-state index in [-0.39, 0.29) is 5.91 Å². The Bertz CT molecular complexity index is 1060. The Morgan fingerprint density at radius 2 is 1.81 bits per heavy atom. The van der Waals surface area contributed by atoms with Gasteiger partial charge in [-0.25, -0.2) is 0 Å². The molecule has 1 aromatic heterocycles. The van der Waals surface area contributed by atoms with Gasteiger partial charge in [-0.05, 0) is 29.8 Å². The van der Waals surface area contributed by atoms with Crippen LogP contribution in [0.3, 0.4) is 0 Å². The molecule has 3 rings (SSSR count). The second-order valence-corrected chi connectivity index (χ2v) is 8.18. The first kappa shape index (κ1) is 23.7. The van der Waals surface area contributed by atoms with Gasteiger partial charge in [-0.1, -0.05) is 35.5 Å². The van der Waals surface area contributed by atoms with Gasteiger partial charge >= 0.3 is 0 Å². The molecule has 0 atom stereocenters. The zero-order valence-corrected chi connectivity index (χ0v) is 19.9. The normalized spacial score (nSPS) is 10.7. The standard InChI is InChI=1S/C22H25ClN4O4S/c1-27-19(25-26-22(27)32-13-14-6-5-7-16(23)10-14)8-9-24-21(28)15-11-17(29-2)20(31-4)18(12-15)30-3/h5-7,10-12H,8-9,13H2,1-4H3,(H,24,28). The summed E-state index contributed by atoms with van der Waals surface area (Å²) in [6, 6.07) is 11.0. The number of carbonyl (C=O) groups excluding carboxylic acids is 1. The number of aromatic nitrogens is 3. The van der Waals surface area contributed by atoms with E-state index in [1.54, 1.807) is 23.9 Å². The van der Waals surface area contributed by atoms with Crippen LogP contribution in [0.1, 0.15) is 21.7 Å². The predicted molar refractivity (Wildman–Crippen MR) is 124 cm³/mol. The minimum absolute atomic E-state index is 0.248. The van der Waals surface area contributed by atoms with Crippen LogP contribution in [0, 0.1) is 0 Å². The molecule has 0 aliphatic heterocycles. The molecule has 0 aliphatic rings. The summed E-state index contributed by atoms with van der Waals surface area (Å²) in [5.74, 6) is 2.56. The number of carbonyl (C=O) groups is 1. The van der Waals surface area contributed by atoms with Crippen molar-refractivity contribution >= 4 is 29.3 Å². The van der Waals surface area contributed by atoms with Crippen LogP contribution < -0.4 is 19.5 Å². The maximum atomic E-state index is 12.6. The number of nitrogens with zero attached hydrogens (tertiary/aromatic N) is 3. The van der Waals surface area contributed by atoms with Crippen molar-refractivity contribution in [2.75, 3.05) is 27.9 Å². The van der Waals surface area contributed by atoms with Crippen molar-refractivity contribution in [2.45, 2.75) is 17.3 Å². The van der Waals surface area contributed by atoms with E-state index in [1.807, 2.05) is 35.9 Å². The molecular formula is C22H25ClN4O4S. The molecule has 0 aliphatic carbocycles. The van der Waals surface area contributed by atoms with Gasteiger partial charge in [-0.15, -0.1) is 10.2 Å². The summed E-state index contributed by atoms with van der Waals surface area (Å²) in [7, 11) is 6.45. The second kappa shape index (κ2) is 11.1. The second-order valence-electron chi connectivity index (χ2n) is 6.80. The summed E-state index contributed by atoms with van der Waals surface area (Å²) in [6.45, 7) is 0.403. The highest BCUT2D eigenvalue weighted by Crippen LogP contribution is 2.38. The predicted octanol–water partition coefficient (Wildman–Crippen LogP) is 3.76. The minimum Gasteiger partial charge on any atom is -0.493 e. The Morgan fingerprint density at radius 1 is 1.09 bits per heavy atom. The maximum Gasteiger partial charge on any atom is 0.251 e. The van der Waals surface area contributed by atoms with Gasteiger partial charge in [0.2, 0.25) is 5.75 Å². The molecule has 0 spiro atoms. The molecular weight excluding hydrogens is 452 g/mol. The van der Waals surface area contributed by atoms with E-state index in [2.05, 4.69) is 15.5 Å². The summed E-state index contributed by atoms with van der Waals surface area (Å²) in [5.41, 5.74) is 1.53. The summed E-state index contributed by atoms with van der Waals surface area (Å²) in [4.78, 5) is 12.6. The molecule has 8 nitrogen and oxygen atoms in total. The monoisotopic (exact) mass is 476 g/mol. The molecule has 0 saturated carbocycles. The number of hydrogen-bond acceptors (Lipinski definition) is 7. The van der Waals surface area contributed by atoms with Crippen LogP contribution >= 0.6 is 23.4 Å². The van der Waals surface area contributed by atoms with Crippen molar-refractivity contribution in [1.82, 2.24) is 20.1 Å². The van der Waals surface area contributed by atoms with Gasteiger partial charge in [0, 0.05) is 36.4 Å². The third-order valence-electron chi connectivity index (χ3n) is 4.74. The van der Waals surface area contributed by atoms with Gasteiger partial charge < -0.3 is 24.1 Å². The maximum absolute atomic E-state index is 12.6. The molecule has 170 valence electrons. The van der Waals surface area contributed by atoms with Crippen molar-refractivity contribution < 1.29 is 19.0 Å². The fourth-order valence-corrected chi connectivity index (χ4v) is 4.15. The molecule has 1 amide bonds. The van der Waals surface area contributed by atoms with Crippen molar-refractivity contribution in [3.63, 3.8) is 0 Å². The highest BCUT2D eigenvalue weighted by Gasteiger charge is 2.17. The number of rotatable bonds is 10. The van der Waals surface area contributed by atoms with Crippen LogP contribution in [0.5, 0.6) is 17.2 Å². The lowest BCUT2D eigenvalue weighted by Gasteiger charge is -2.14. The Kier molecular flexibility index (Phi) is 8.24. The minimum atomic E-state index is -0.248. The van der Waals surface area contributed by atoms with Crippen LogP contribution in [0.25, 0.3) is 0 Å². The Hall–Kier alpha value is -2.91. The lowest BCUT2D eigenvalue weighted by Crippen LogP contribution is -2.26. The van der Waals surface area contributed by atoms with Crippen LogP contribution in [-0.4, -0.2) is 48.5 Å². The number of ether oxygens (including phenoxy) is 3. The summed E-state index contributed by atoms with van der Waals surface area (Å²) in [5, 5.41) is 12.9. The Labute approximate surface area is 196 Å². The summed E-state index contributed by atoms with van der Waals surface area (Å²) < 4.78 is 17.8. The number of thioether (sulfide) groups is 1. The third-order valence-corrected chi connectivity index (χ3v) is 6.07. The Morgan fingerprint density at radius 3 is 2.44 bits per heavy atom. The molecule has 1 heterocycles. The average molecular weight is 477 g/mol. The Balaban J connectivity index is 1.58. The van der Waals surface area contributed by atoms with E-state index in [4.69, 9.17) is 25.8 Å². The van der Waals surface area contributed by atoms with Crippen LogP contribution in [-0.2, 0) is 19.2 Å². The van der Waals surface area contributed by atoms with Crippen molar-refractivity contribution in [1.29, 1.82) is 0 Å². The van der Waals surface area contributed by atoms with E-state index in [0.29, 0.717) is 40.8 Å². The highest BCUT2D eigenvalue weighted by molar-refractivity contribution is 7.98. The number of methoxy groups -OCH3 is 3. The van der Waals surface area contributed by atoms with Crippen molar-refractivity contribution in [3.8, 4) is 17.2 Å². The van der Waals surface area contributed by atoms with Crippen molar-refractivity contribution in [3.05, 3.63) is 58.4 Å².